The van der Waals surface area contributed by atoms with Gasteiger partial charge >= 0.3 is 6.03 Å². The van der Waals surface area contributed by atoms with Gasteiger partial charge < -0.3 is 25.2 Å². The second-order valence-electron chi connectivity index (χ2n) is 7.84. The third kappa shape index (κ3) is 5.68. The molecule has 1 saturated heterocycles. The van der Waals surface area contributed by atoms with Crippen LogP contribution in [0.4, 0.5) is 27.9 Å². The quantitative estimate of drug-likeness (QED) is 0.590. The lowest BCUT2D eigenvalue weighted by Gasteiger charge is -2.35. The van der Waals surface area contributed by atoms with E-state index < -0.39 is 0 Å². The largest absolute Gasteiger partial charge is 0.492 e. The van der Waals surface area contributed by atoms with Crippen LogP contribution in [-0.4, -0.2) is 58.7 Å². The Bertz CT molecular complexity index is 1110. The van der Waals surface area contributed by atoms with Crippen molar-refractivity contribution < 1.29 is 9.53 Å². The molecule has 2 amide bonds. The van der Waals surface area contributed by atoms with Crippen molar-refractivity contribution in [3.8, 4) is 5.75 Å². The fraction of sp³-hybridized carbons (Fsp3) is 0.333. The second-order valence-corrected chi connectivity index (χ2v) is 7.84. The normalized spacial score (nSPS) is 13.5. The molecule has 0 atom stereocenters. The molecule has 2 N–H and O–H groups in total. The lowest BCUT2D eigenvalue weighted by molar-refractivity contribution is 0.208. The van der Waals surface area contributed by atoms with Crippen molar-refractivity contribution in [2.24, 2.45) is 0 Å². The van der Waals surface area contributed by atoms with Crippen LogP contribution in [0.3, 0.4) is 0 Å². The Kier molecular flexibility index (Phi) is 6.87. The predicted molar refractivity (Wildman–Crippen MR) is 129 cm³/mol. The van der Waals surface area contributed by atoms with Crippen LogP contribution in [0.15, 0.2) is 48.7 Å². The average Bonchev–Trinajstić information content (AvgIpc) is 2.80. The highest BCUT2D eigenvalue weighted by molar-refractivity contribution is 5.91. The third-order valence-electron chi connectivity index (χ3n) is 5.32. The van der Waals surface area contributed by atoms with Gasteiger partial charge in [-0.1, -0.05) is 12.1 Å². The summed E-state index contributed by atoms with van der Waals surface area (Å²) in [6.45, 7) is 8.90. The zero-order valence-electron chi connectivity index (χ0n) is 19.2. The van der Waals surface area contributed by atoms with E-state index in [1.54, 1.807) is 6.20 Å². The molecule has 2 aromatic heterocycles. The smallest absolute Gasteiger partial charge is 0.322 e. The van der Waals surface area contributed by atoms with Crippen LogP contribution >= 0.6 is 0 Å². The van der Waals surface area contributed by atoms with Crippen molar-refractivity contribution in [2.75, 3.05) is 48.3 Å². The SMILES string of the molecule is CCOc1ccccc1NC(=O)N1CCN(c2cc(Nc3cc(C)ccn3)nc(C)n2)CC1. The predicted octanol–water partition coefficient (Wildman–Crippen LogP) is 3.98. The molecule has 33 heavy (non-hydrogen) atoms. The number of piperazine rings is 1. The van der Waals surface area contributed by atoms with E-state index >= 15 is 0 Å². The molecule has 3 aromatic rings. The van der Waals surface area contributed by atoms with Gasteiger partial charge in [0.15, 0.2) is 0 Å². The molecule has 0 unspecified atom stereocenters. The number of nitrogens with zero attached hydrogens (tertiary/aromatic N) is 5. The highest BCUT2D eigenvalue weighted by Gasteiger charge is 2.23. The highest BCUT2D eigenvalue weighted by atomic mass is 16.5. The van der Waals surface area contributed by atoms with Crippen molar-refractivity contribution in [3.05, 3.63) is 60.0 Å². The minimum absolute atomic E-state index is 0.131. The summed E-state index contributed by atoms with van der Waals surface area (Å²) >= 11 is 0. The summed E-state index contributed by atoms with van der Waals surface area (Å²) in [7, 11) is 0. The maximum Gasteiger partial charge on any atom is 0.322 e. The number of anilines is 4. The molecule has 3 heterocycles. The van der Waals surface area contributed by atoms with Crippen molar-refractivity contribution in [1.82, 2.24) is 19.9 Å². The summed E-state index contributed by atoms with van der Waals surface area (Å²) in [6.07, 6.45) is 1.77. The Labute approximate surface area is 193 Å². The molecule has 9 nitrogen and oxygen atoms in total. The number of aryl methyl sites for hydroxylation is 2. The van der Waals surface area contributed by atoms with Gasteiger partial charge in [0.1, 0.15) is 29.0 Å². The molecule has 1 aromatic carbocycles. The maximum atomic E-state index is 12.8. The summed E-state index contributed by atoms with van der Waals surface area (Å²) < 4.78 is 5.61. The van der Waals surface area contributed by atoms with Gasteiger partial charge in [-0.05, 0) is 50.6 Å². The molecule has 0 spiro atoms. The van der Waals surface area contributed by atoms with Crippen LogP contribution in [0.5, 0.6) is 5.75 Å². The Morgan fingerprint density at radius 1 is 1.03 bits per heavy atom. The van der Waals surface area contributed by atoms with E-state index in [0.717, 1.165) is 17.2 Å². The molecule has 1 aliphatic rings. The summed E-state index contributed by atoms with van der Waals surface area (Å²) in [4.78, 5) is 30.2. The Morgan fingerprint density at radius 2 is 1.82 bits per heavy atom. The topological polar surface area (TPSA) is 95.5 Å². The molecular formula is C24H29N7O2. The molecule has 0 radical (unpaired) electrons. The average molecular weight is 448 g/mol. The first-order chi connectivity index (χ1) is 16.0. The Hall–Kier alpha value is -3.88. The minimum Gasteiger partial charge on any atom is -0.492 e. The number of hydrogen-bond acceptors (Lipinski definition) is 7. The second kappa shape index (κ2) is 10.2. The van der Waals surface area contributed by atoms with E-state index in [1.165, 1.54) is 0 Å². The Balaban J connectivity index is 1.38. The number of rotatable bonds is 6. The monoisotopic (exact) mass is 447 g/mol. The molecule has 172 valence electrons. The lowest BCUT2D eigenvalue weighted by Crippen LogP contribution is -2.50. The zero-order valence-corrected chi connectivity index (χ0v) is 19.2. The molecule has 1 aliphatic heterocycles. The first-order valence-electron chi connectivity index (χ1n) is 11.1. The lowest BCUT2D eigenvalue weighted by atomic mass is 10.3. The molecule has 4 rings (SSSR count). The van der Waals surface area contributed by atoms with Gasteiger partial charge in [-0.15, -0.1) is 0 Å². The number of amides is 2. The van der Waals surface area contributed by atoms with E-state index in [2.05, 4.69) is 30.5 Å². The van der Waals surface area contributed by atoms with Crippen molar-refractivity contribution >= 4 is 29.2 Å². The van der Waals surface area contributed by atoms with Crippen molar-refractivity contribution in [3.63, 3.8) is 0 Å². The number of nitrogens with one attached hydrogen (secondary N) is 2. The number of para-hydroxylation sites is 2. The Morgan fingerprint density at radius 3 is 2.58 bits per heavy atom. The van der Waals surface area contributed by atoms with Gasteiger partial charge in [-0.25, -0.2) is 19.7 Å². The number of benzene rings is 1. The van der Waals surface area contributed by atoms with E-state index in [0.29, 0.717) is 55.9 Å². The standard InChI is InChI=1S/C24H29N7O2/c1-4-33-20-8-6-5-7-19(20)28-24(32)31-13-11-30(12-14-31)23-16-22(26-18(3)27-23)29-21-15-17(2)9-10-25-21/h5-10,15-16H,4,11-14H2,1-3H3,(H,28,32)(H,25,26,27,29). The summed E-state index contributed by atoms with van der Waals surface area (Å²) in [6, 6.07) is 13.2. The maximum absolute atomic E-state index is 12.8. The van der Waals surface area contributed by atoms with Gasteiger partial charge in [-0.2, -0.15) is 0 Å². The molecular weight excluding hydrogens is 418 g/mol. The highest BCUT2D eigenvalue weighted by Crippen LogP contribution is 2.25. The zero-order chi connectivity index (χ0) is 23.2. The molecule has 9 heteroatoms. The van der Waals surface area contributed by atoms with E-state index in [4.69, 9.17) is 4.74 Å². The van der Waals surface area contributed by atoms with Crippen LogP contribution in [0, 0.1) is 13.8 Å². The molecule has 0 aliphatic carbocycles. The molecule has 0 bridgehead atoms. The van der Waals surface area contributed by atoms with Crippen molar-refractivity contribution in [2.45, 2.75) is 20.8 Å². The molecule has 0 saturated carbocycles. The van der Waals surface area contributed by atoms with Gasteiger partial charge in [0.2, 0.25) is 0 Å². The summed E-state index contributed by atoms with van der Waals surface area (Å²) in [5, 5.41) is 6.23. The van der Waals surface area contributed by atoms with Crippen LogP contribution in [-0.2, 0) is 0 Å². The first kappa shape index (κ1) is 22.3. The van der Waals surface area contributed by atoms with E-state index in [1.807, 2.05) is 68.1 Å². The fourth-order valence-electron chi connectivity index (χ4n) is 3.70. The molecule has 1 fully saturated rings. The van der Waals surface area contributed by atoms with Crippen LogP contribution < -0.4 is 20.3 Å². The van der Waals surface area contributed by atoms with Gasteiger partial charge in [-0.3, -0.25) is 0 Å². The first-order valence-corrected chi connectivity index (χ1v) is 11.1. The van der Waals surface area contributed by atoms with Crippen molar-refractivity contribution in [1.29, 1.82) is 0 Å². The van der Waals surface area contributed by atoms with Gasteiger partial charge in [0.05, 0.1) is 12.3 Å². The van der Waals surface area contributed by atoms with Crippen LogP contribution in [0.2, 0.25) is 0 Å². The summed E-state index contributed by atoms with van der Waals surface area (Å²) in [5.74, 6) is 3.62. The fourth-order valence-corrected chi connectivity index (χ4v) is 3.70. The van der Waals surface area contributed by atoms with Crippen LogP contribution in [0.25, 0.3) is 0 Å². The number of pyridine rings is 1. The number of carbonyl (C=O) groups is 1. The number of ether oxygens (including phenoxy) is 1. The van der Waals surface area contributed by atoms with Crippen LogP contribution in [0.1, 0.15) is 18.3 Å². The van der Waals surface area contributed by atoms with Gasteiger partial charge in [0.25, 0.3) is 0 Å². The van der Waals surface area contributed by atoms with Gasteiger partial charge in [0, 0.05) is 38.4 Å². The van der Waals surface area contributed by atoms with E-state index in [9.17, 15) is 4.79 Å². The summed E-state index contributed by atoms with van der Waals surface area (Å²) in [5.41, 5.74) is 1.80. The third-order valence-corrected chi connectivity index (χ3v) is 5.32. The number of aromatic nitrogens is 3. The number of urea groups is 1. The van der Waals surface area contributed by atoms with E-state index in [-0.39, 0.29) is 6.03 Å². The minimum atomic E-state index is -0.131. The number of hydrogen-bond donors (Lipinski definition) is 2. The number of carbonyl (C=O) groups excluding carboxylic acids is 1.